The Hall–Kier alpha value is -2.66. The molecule has 0 saturated carbocycles. The van der Waals surface area contributed by atoms with Crippen LogP contribution in [-0.2, 0) is 14.8 Å². The Morgan fingerprint density at radius 1 is 1.33 bits per heavy atom. The SMILES string of the molecule is Cc1ccc(C#N)cc1S(=O)(=O)NC(=O)C(C)c1c(C)noc1C. The lowest BCUT2D eigenvalue weighted by atomic mass is 9.99. The highest BCUT2D eigenvalue weighted by molar-refractivity contribution is 7.90. The number of aryl methyl sites for hydroxylation is 3. The van der Waals surface area contributed by atoms with Crippen molar-refractivity contribution in [3.05, 3.63) is 46.3 Å². The molecule has 1 amide bonds. The van der Waals surface area contributed by atoms with Crippen LogP contribution in [0.5, 0.6) is 0 Å². The molecule has 24 heavy (non-hydrogen) atoms. The number of hydrogen-bond donors (Lipinski definition) is 1. The molecule has 1 atom stereocenters. The van der Waals surface area contributed by atoms with Crippen molar-refractivity contribution in [1.82, 2.24) is 9.88 Å². The molecule has 0 fully saturated rings. The molecule has 0 aliphatic rings. The van der Waals surface area contributed by atoms with Gasteiger partial charge in [0.05, 0.1) is 28.1 Å². The van der Waals surface area contributed by atoms with Crippen molar-refractivity contribution in [2.75, 3.05) is 0 Å². The molecule has 1 heterocycles. The molecule has 0 aliphatic heterocycles. The summed E-state index contributed by atoms with van der Waals surface area (Å²) in [5.74, 6) is -0.966. The summed E-state index contributed by atoms with van der Waals surface area (Å²) in [5.41, 5.74) is 1.74. The second kappa shape index (κ2) is 6.45. The molecule has 2 rings (SSSR count). The topological polar surface area (TPSA) is 113 Å². The fourth-order valence-corrected chi connectivity index (χ4v) is 3.80. The standard InChI is InChI=1S/C16H17N3O4S/c1-9-5-6-13(8-17)7-14(9)24(21,22)19-16(20)10(2)15-11(3)18-23-12(15)4/h5-7,10H,1-4H3,(H,19,20). The molecule has 1 N–H and O–H groups in total. The molecular weight excluding hydrogens is 330 g/mol. The van der Waals surface area contributed by atoms with Gasteiger partial charge in [0.25, 0.3) is 10.0 Å². The van der Waals surface area contributed by atoms with Gasteiger partial charge in [-0.05, 0) is 45.4 Å². The number of carbonyl (C=O) groups is 1. The smallest absolute Gasteiger partial charge is 0.264 e. The minimum atomic E-state index is -4.09. The molecule has 1 aromatic heterocycles. The molecule has 1 aromatic carbocycles. The average Bonchev–Trinajstić information content (AvgIpc) is 2.85. The van der Waals surface area contributed by atoms with Crippen molar-refractivity contribution in [3.8, 4) is 6.07 Å². The summed E-state index contributed by atoms with van der Waals surface area (Å²) in [6.07, 6.45) is 0. The highest BCUT2D eigenvalue weighted by Gasteiger charge is 2.27. The molecule has 126 valence electrons. The maximum Gasteiger partial charge on any atom is 0.264 e. The van der Waals surface area contributed by atoms with E-state index in [0.29, 0.717) is 22.6 Å². The van der Waals surface area contributed by atoms with Crippen LogP contribution in [0.3, 0.4) is 0 Å². The minimum absolute atomic E-state index is 0.0964. The highest BCUT2D eigenvalue weighted by atomic mass is 32.2. The first-order valence-corrected chi connectivity index (χ1v) is 8.66. The van der Waals surface area contributed by atoms with Crippen LogP contribution in [0, 0.1) is 32.1 Å². The molecular formula is C16H17N3O4S. The van der Waals surface area contributed by atoms with Crippen LogP contribution in [0.4, 0.5) is 0 Å². The van der Waals surface area contributed by atoms with Gasteiger partial charge in [0.15, 0.2) is 0 Å². The van der Waals surface area contributed by atoms with Crippen LogP contribution in [-0.4, -0.2) is 19.5 Å². The lowest BCUT2D eigenvalue weighted by molar-refractivity contribution is -0.120. The number of amides is 1. The van der Waals surface area contributed by atoms with Crippen molar-refractivity contribution >= 4 is 15.9 Å². The third-order valence-electron chi connectivity index (χ3n) is 3.76. The average molecular weight is 347 g/mol. The van der Waals surface area contributed by atoms with E-state index in [1.54, 1.807) is 27.7 Å². The first kappa shape index (κ1) is 17.7. The Bertz CT molecular complexity index is 919. The third-order valence-corrected chi connectivity index (χ3v) is 5.25. The number of carbonyl (C=O) groups excluding carboxylic acids is 1. The van der Waals surface area contributed by atoms with Crippen molar-refractivity contribution in [2.24, 2.45) is 0 Å². The molecule has 0 bridgehead atoms. The van der Waals surface area contributed by atoms with Crippen LogP contribution in [0.1, 0.15) is 41.0 Å². The van der Waals surface area contributed by atoms with Gasteiger partial charge in [-0.15, -0.1) is 0 Å². The predicted octanol–water partition coefficient (Wildman–Crippen LogP) is 2.08. The van der Waals surface area contributed by atoms with Crippen LogP contribution in [0.25, 0.3) is 0 Å². The van der Waals surface area contributed by atoms with E-state index in [9.17, 15) is 13.2 Å². The summed E-state index contributed by atoms with van der Waals surface area (Å²) in [7, 11) is -4.09. The largest absolute Gasteiger partial charge is 0.361 e. The second-order valence-electron chi connectivity index (χ2n) is 5.52. The molecule has 0 radical (unpaired) electrons. The summed E-state index contributed by atoms with van der Waals surface area (Å²) >= 11 is 0. The normalized spacial score (nSPS) is 12.5. The summed E-state index contributed by atoms with van der Waals surface area (Å²) in [6, 6.07) is 6.16. The van der Waals surface area contributed by atoms with Gasteiger partial charge in [-0.1, -0.05) is 11.2 Å². The van der Waals surface area contributed by atoms with Crippen LogP contribution >= 0.6 is 0 Å². The molecule has 2 aromatic rings. The predicted molar refractivity (Wildman–Crippen MR) is 85.6 cm³/mol. The molecule has 1 unspecified atom stereocenters. The van der Waals surface area contributed by atoms with E-state index in [0.717, 1.165) is 0 Å². The first-order chi connectivity index (χ1) is 11.2. The maximum atomic E-state index is 12.5. The summed E-state index contributed by atoms with van der Waals surface area (Å²) in [4.78, 5) is 12.3. The Balaban J connectivity index is 2.33. The molecule has 0 saturated heterocycles. The monoisotopic (exact) mass is 347 g/mol. The number of sulfonamides is 1. The Labute approximate surface area is 140 Å². The fraction of sp³-hybridized carbons (Fsp3) is 0.312. The maximum absolute atomic E-state index is 12.5. The van der Waals surface area contributed by atoms with E-state index >= 15 is 0 Å². The summed E-state index contributed by atoms with van der Waals surface area (Å²) in [5, 5.41) is 12.7. The lowest BCUT2D eigenvalue weighted by Crippen LogP contribution is -2.34. The molecule has 0 aliphatic carbocycles. The number of nitrogens with zero attached hydrogens (tertiary/aromatic N) is 2. The Kier molecular flexibility index (Phi) is 4.76. The van der Waals surface area contributed by atoms with Gasteiger partial charge in [0.2, 0.25) is 5.91 Å². The quantitative estimate of drug-likeness (QED) is 0.906. The number of hydrogen-bond acceptors (Lipinski definition) is 6. The van der Waals surface area contributed by atoms with Gasteiger partial charge in [0, 0.05) is 5.56 Å². The van der Waals surface area contributed by atoms with E-state index in [1.165, 1.54) is 18.2 Å². The molecule has 8 heteroatoms. The number of nitrogens with one attached hydrogen (secondary N) is 1. The second-order valence-corrected chi connectivity index (χ2v) is 7.17. The van der Waals surface area contributed by atoms with E-state index in [4.69, 9.17) is 9.78 Å². The Morgan fingerprint density at radius 2 is 2.00 bits per heavy atom. The van der Waals surface area contributed by atoms with E-state index in [2.05, 4.69) is 9.88 Å². The van der Waals surface area contributed by atoms with Gasteiger partial charge in [-0.3, -0.25) is 4.79 Å². The van der Waals surface area contributed by atoms with Crippen LogP contribution in [0.2, 0.25) is 0 Å². The zero-order valence-corrected chi connectivity index (χ0v) is 14.6. The van der Waals surface area contributed by atoms with E-state index < -0.39 is 21.8 Å². The van der Waals surface area contributed by atoms with Gasteiger partial charge >= 0.3 is 0 Å². The van der Waals surface area contributed by atoms with Gasteiger partial charge in [-0.2, -0.15) is 5.26 Å². The number of rotatable bonds is 4. The fourth-order valence-electron chi connectivity index (χ4n) is 2.47. The van der Waals surface area contributed by atoms with Gasteiger partial charge < -0.3 is 4.52 Å². The van der Waals surface area contributed by atoms with E-state index in [1.807, 2.05) is 6.07 Å². The van der Waals surface area contributed by atoms with Crippen molar-refractivity contribution in [3.63, 3.8) is 0 Å². The third kappa shape index (κ3) is 3.31. The minimum Gasteiger partial charge on any atom is -0.361 e. The van der Waals surface area contributed by atoms with Crippen LogP contribution in [0.15, 0.2) is 27.6 Å². The van der Waals surface area contributed by atoms with Crippen molar-refractivity contribution < 1.29 is 17.7 Å². The zero-order chi connectivity index (χ0) is 18.1. The lowest BCUT2D eigenvalue weighted by Gasteiger charge is -2.14. The summed E-state index contributed by atoms with van der Waals surface area (Å²) in [6.45, 7) is 6.52. The molecule has 7 nitrogen and oxygen atoms in total. The molecule has 0 spiro atoms. The first-order valence-electron chi connectivity index (χ1n) is 7.17. The zero-order valence-electron chi connectivity index (χ0n) is 13.7. The van der Waals surface area contributed by atoms with Crippen molar-refractivity contribution in [2.45, 2.75) is 38.5 Å². The van der Waals surface area contributed by atoms with Gasteiger partial charge in [0.1, 0.15) is 5.76 Å². The van der Waals surface area contributed by atoms with Crippen LogP contribution < -0.4 is 4.72 Å². The number of aromatic nitrogens is 1. The number of nitriles is 1. The van der Waals surface area contributed by atoms with Crippen molar-refractivity contribution in [1.29, 1.82) is 5.26 Å². The number of benzene rings is 1. The summed E-state index contributed by atoms with van der Waals surface area (Å²) < 4.78 is 32.1. The Morgan fingerprint density at radius 3 is 2.54 bits per heavy atom. The highest BCUT2D eigenvalue weighted by Crippen LogP contribution is 2.24. The van der Waals surface area contributed by atoms with Gasteiger partial charge in [-0.25, -0.2) is 13.1 Å². The van der Waals surface area contributed by atoms with E-state index in [-0.39, 0.29) is 10.5 Å².